The van der Waals surface area contributed by atoms with Gasteiger partial charge >= 0.3 is 5.97 Å². The molecule has 0 heterocycles. The second-order valence-electron chi connectivity index (χ2n) is 3.57. The molecular weight excluding hydrogens is 208 g/mol. The number of aliphatic carboxylic acids is 1. The number of hydrogen-bond donors (Lipinski definition) is 1. The van der Waals surface area contributed by atoms with E-state index in [2.05, 4.69) is 0 Å². The Morgan fingerprint density at radius 3 is 2.88 bits per heavy atom. The third-order valence-corrected chi connectivity index (χ3v) is 2.13. The number of ether oxygens (including phenoxy) is 2. The van der Waals surface area contributed by atoms with Crippen molar-refractivity contribution in [2.24, 2.45) is 0 Å². The standard InChI is InChI=1S/C12H16O4/c1-9(6-12(13)14)16-8-10-4-3-5-11(7-10)15-2/h3-5,7,9H,6,8H2,1-2H3,(H,13,14)/t9-/m0/s1. The molecule has 88 valence electrons. The van der Waals surface area contributed by atoms with Gasteiger partial charge in [-0.3, -0.25) is 4.79 Å². The SMILES string of the molecule is COc1cccc(CO[C@@H](C)CC(=O)O)c1. The van der Waals surface area contributed by atoms with Gasteiger partial charge in [0.1, 0.15) is 5.75 Å². The monoisotopic (exact) mass is 224 g/mol. The summed E-state index contributed by atoms with van der Waals surface area (Å²) in [6.07, 6.45) is -0.270. The van der Waals surface area contributed by atoms with Crippen LogP contribution < -0.4 is 4.74 Å². The molecule has 1 atom stereocenters. The van der Waals surface area contributed by atoms with Gasteiger partial charge in [-0.1, -0.05) is 12.1 Å². The van der Waals surface area contributed by atoms with E-state index in [9.17, 15) is 4.79 Å². The predicted molar refractivity (Wildman–Crippen MR) is 59.5 cm³/mol. The Morgan fingerprint density at radius 2 is 2.25 bits per heavy atom. The predicted octanol–water partition coefficient (Wildman–Crippen LogP) is 2.08. The van der Waals surface area contributed by atoms with Crippen LogP contribution in [0.15, 0.2) is 24.3 Å². The zero-order valence-corrected chi connectivity index (χ0v) is 9.47. The first-order valence-corrected chi connectivity index (χ1v) is 5.08. The summed E-state index contributed by atoms with van der Waals surface area (Å²) in [7, 11) is 1.60. The van der Waals surface area contributed by atoms with E-state index < -0.39 is 5.97 Å². The van der Waals surface area contributed by atoms with E-state index in [4.69, 9.17) is 14.6 Å². The molecule has 0 saturated carbocycles. The van der Waals surface area contributed by atoms with Crippen molar-refractivity contribution in [1.82, 2.24) is 0 Å². The summed E-state index contributed by atoms with van der Waals surface area (Å²) in [4.78, 5) is 10.4. The van der Waals surface area contributed by atoms with Crippen LogP contribution in [0.3, 0.4) is 0 Å². The average molecular weight is 224 g/mol. The summed E-state index contributed by atoms with van der Waals surface area (Å²) in [5.74, 6) is -0.0786. The van der Waals surface area contributed by atoms with Crippen LogP contribution in [-0.2, 0) is 16.1 Å². The number of benzene rings is 1. The van der Waals surface area contributed by atoms with Gasteiger partial charge in [0.15, 0.2) is 0 Å². The van der Waals surface area contributed by atoms with Crippen molar-refractivity contribution in [3.8, 4) is 5.75 Å². The van der Waals surface area contributed by atoms with E-state index in [1.165, 1.54) is 0 Å². The first kappa shape index (κ1) is 12.5. The number of hydrogen-bond acceptors (Lipinski definition) is 3. The molecule has 4 nitrogen and oxygen atoms in total. The van der Waals surface area contributed by atoms with Gasteiger partial charge in [-0.05, 0) is 24.6 Å². The summed E-state index contributed by atoms with van der Waals surface area (Å²) >= 11 is 0. The molecule has 1 N–H and O–H groups in total. The third-order valence-electron chi connectivity index (χ3n) is 2.13. The molecular formula is C12H16O4. The highest BCUT2D eigenvalue weighted by atomic mass is 16.5. The van der Waals surface area contributed by atoms with Gasteiger partial charge in [-0.25, -0.2) is 0 Å². The number of rotatable bonds is 6. The van der Waals surface area contributed by atoms with Gasteiger partial charge in [0, 0.05) is 0 Å². The lowest BCUT2D eigenvalue weighted by atomic mass is 10.2. The van der Waals surface area contributed by atoms with Crippen molar-refractivity contribution in [2.75, 3.05) is 7.11 Å². The molecule has 0 spiro atoms. The van der Waals surface area contributed by atoms with Crippen LogP contribution >= 0.6 is 0 Å². The van der Waals surface area contributed by atoms with Crippen molar-refractivity contribution in [3.63, 3.8) is 0 Å². The van der Waals surface area contributed by atoms with E-state index in [1.807, 2.05) is 24.3 Å². The molecule has 0 saturated heterocycles. The second kappa shape index (κ2) is 6.12. The van der Waals surface area contributed by atoms with Crippen molar-refractivity contribution in [1.29, 1.82) is 0 Å². The maximum Gasteiger partial charge on any atom is 0.305 e. The highest BCUT2D eigenvalue weighted by Crippen LogP contribution is 2.14. The molecule has 1 aromatic rings. The summed E-state index contributed by atoms with van der Waals surface area (Å²) in [6.45, 7) is 2.14. The first-order chi connectivity index (χ1) is 7.61. The Labute approximate surface area is 94.8 Å². The number of carboxylic acids is 1. The van der Waals surface area contributed by atoms with E-state index in [0.29, 0.717) is 6.61 Å². The molecule has 0 aliphatic heterocycles. The smallest absolute Gasteiger partial charge is 0.305 e. The van der Waals surface area contributed by atoms with Crippen LogP contribution in [0.4, 0.5) is 0 Å². The Kier molecular flexibility index (Phi) is 4.79. The average Bonchev–Trinajstić information content (AvgIpc) is 2.26. The van der Waals surface area contributed by atoms with Crippen molar-refractivity contribution < 1.29 is 19.4 Å². The summed E-state index contributed by atoms with van der Waals surface area (Å²) < 4.78 is 10.5. The van der Waals surface area contributed by atoms with Crippen LogP contribution in [0.2, 0.25) is 0 Å². The Hall–Kier alpha value is -1.55. The summed E-state index contributed by atoms with van der Waals surface area (Å²) in [6, 6.07) is 7.51. The lowest BCUT2D eigenvalue weighted by Gasteiger charge is -2.11. The number of methoxy groups -OCH3 is 1. The molecule has 1 aromatic carbocycles. The Morgan fingerprint density at radius 1 is 1.50 bits per heavy atom. The highest BCUT2D eigenvalue weighted by molar-refractivity contribution is 5.67. The zero-order chi connectivity index (χ0) is 12.0. The van der Waals surface area contributed by atoms with Crippen LogP contribution in [0, 0.1) is 0 Å². The van der Waals surface area contributed by atoms with E-state index in [0.717, 1.165) is 11.3 Å². The highest BCUT2D eigenvalue weighted by Gasteiger charge is 2.07. The lowest BCUT2D eigenvalue weighted by Crippen LogP contribution is -2.13. The van der Waals surface area contributed by atoms with E-state index >= 15 is 0 Å². The molecule has 1 rings (SSSR count). The van der Waals surface area contributed by atoms with Gasteiger partial charge in [-0.2, -0.15) is 0 Å². The fourth-order valence-electron chi connectivity index (χ4n) is 1.31. The Bertz CT molecular complexity index is 349. The fourth-order valence-corrected chi connectivity index (χ4v) is 1.31. The minimum Gasteiger partial charge on any atom is -0.497 e. The second-order valence-corrected chi connectivity index (χ2v) is 3.57. The molecule has 0 aliphatic rings. The van der Waals surface area contributed by atoms with Gasteiger partial charge in [0.2, 0.25) is 0 Å². The van der Waals surface area contributed by atoms with Crippen LogP contribution in [0.25, 0.3) is 0 Å². The van der Waals surface area contributed by atoms with Gasteiger partial charge in [0.05, 0.1) is 26.2 Å². The molecule has 0 aliphatic carbocycles. The molecule has 16 heavy (non-hydrogen) atoms. The topological polar surface area (TPSA) is 55.8 Å². The maximum absolute atomic E-state index is 10.4. The number of carboxylic acid groups (broad SMARTS) is 1. The first-order valence-electron chi connectivity index (χ1n) is 5.08. The minimum absolute atomic E-state index is 0.0178. The van der Waals surface area contributed by atoms with Crippen molar-refractivity contribution >= 4 is 5.97 Å². The van der Waals surface area contributed by atoms with Gasteiger partial charge < -0.3 is 14.6 Å². The van der Waals surface area contributed by atoms with E-state index in [1.54, 1.807) is 14.0 Å². The van der Waals surface area contributed by atoms with Crippen molar-refractivity contribution in [2.45, 2.75) is 26.1 Å². The number of carbonyl (C=O) groups is 1. The quantitative estimate of drug-likeness (QED) is 0.803. The van der Waals surface area contributed by atoms with E-state index in [-0.39, 0.29) is 12.5 Å². The van der Waals surface area contributed by atoms with Crippen LogP contribution in [0.5, 0.6) is 5.75 Å². The third kappa shape index (κ3) is 4.31. The molecule has 0 amide bonds. The Balaban J connectivity index is 2.44. The molecule has 0 bridgehead atoms. The molecule has 0 unspecified atom stereocenters. The normalized spacial score (nSPS) is 12.1. The minimum atomic E-state index is -0.849. The molecule has 0 radical (unpaired) electrons. The summed E-state index contributed by atoms with van der Waals surface area (Å²) in [5.41, 5.74) is 0.969. The van der Waals surface area contributed by atoms with Crippen LogP contribution in [-0.4, -0.2) is 24.3 Å². The molecule has 4 heteroatoms. The van der Waals surface area contributed by atoms with Gasteiger partial charge in [-0.15, -0.1) is 0 Å². The fraction of sp³-hybridized carbons (Fsp3) is 0.417. The van der Waals surface area contributed by atoms with Gasteiger partial charge in [0.25, 0.3) is 0 Å². The molecule has 0 fully saturated rings. The summed E-state index contributed by atoms with van der Waals surface area (Å²) in [5, 5.41) is 8.56. The largest absolute Gasteiger partial charge is 0.497 e. The maximum atomic E-state index is 10.4. The molecule has 0 aromatic heterocycles. The lowest BCUT2D eigenvalue weighted by molar-refractivity contribution is -0.140. The van der Waals surface area contributed by atoms with Crippen molar-refractivity contribution in [3.05, 3.63) is 29.8 Å². The van der Waals surface area contributed by atoms with Crippen LogP contribution in [0.1, 0.15) is 18.9 Å². The zero-order valence-electron chi connectivity index (χ0n) is 9.47.